The van der Waals surface area contributed by atoms with Crippen LogP contribution in [0, 0.1) is 0 Å². The van der Waals surface area contributed by atoms with E-state index in [4.69, 9.17) is 21.1 Å². The van der Waals surface area contributed by atoms with Gasteiger partial charge in [0, 0.05) is 29.8 Å². The van der Waals surface area contributed by atoms with Crippen molar-refractivity contribution in [1.29, 1.82) is 0 Å². The second-order valence-corrected chi connectivity index (χ2v) is 15.3. The molecule has 0 radical (unpaired) electrons. The zero-order chi connectivity index (χ0) is 38.2. The van der Waals surface area contributed by atoms with E-state index < -0.39 is 23.4 Å². The highest BCUT2D eigenvalue weighted by Gasteiger charge is 2.39. The topological polar surface area (TPSA) is 174 Å². The number of amides is 2. The van der Waals surface area contributed by atoms with Gasteiger partial charge >= 0.3 is 12.2 Å². The Balaban J connectivity index is 0.000000188. The highest BCUT2D eigenvalue weighted by molar-refractivity contribution is 6.30. The maximum atomic E-state index is 13.0. The average Bonchev–Trinajstić information content (AvgIpc) is 4.02. The number of carbonyl (C=O) groups is 4. The summed E-state index contributed by atoms with van der Waals surface area (Å²) < 4.78 is 14.1. The van der Waals surface area contributed by atoms with Crippen LogP contribution >= 0.6 is 11.6 Å². The Morgan fingerprint density at radius 1 is 0.811 bits per heavy atom. The van der Waals surface area contributed by atoms with Crippen LogP contribution in [0.25, 0.3) is 22.6 Å². The van der Waals surface area contributed by atoms with Crippen molar-refractivity contribution in [2.24, 2.45) is 0 Å². The minimum Gasteiger partial charge on any atom is -0.443 e. The molecule has 7 rings (SSSR count). The molecule has 4 heterocycles. The Bertz CT molecular complexity index is 2190. The number of aliphatic hydroxyl groups excluding tert-OH is 1. The van der Waals surface area contributed by atoms with Crippen molar-refractivity contribution < 1.29 is 33.8 Å². The standard InChI is InChI=1S/C22H24N4O4.C15H17ClN4O3/c1-22(2,3)30-21(29)25(17-7-8-17)19-10-18(15-6-4-5-14(9-15)12-27)24-20-16(13-28)11-23-26(19)20;1-15(2,3)23-14(22)19(10-4-5-10)12-6-11(16)18-13-9(8-21)7-17-20(12)13/h4-6,9-11,13,17,27H,7-8,12H2,1-3H3;6-8,10H,4-5H2,1-3H3. The predicted molar refractivity (Wildman–Crippen MR) is 197 cm³/mol. The van der Waals surface area contributed by atoms with E-state index in [1.54, 1.807) is 17.0 Å². The molecule has 0 bridgehead atoms. The number of aromatic nitrogens is 6. The Kier molecular flexibility index (Phi) is 10.3. The highest BCUT2D eigenvalue weighted by atomic mass is 35.5. The lowest BCUT2D eigenvalue weighted by molar-refractivity contribution is 0.0564. The van der Waals surface area contributed by atoms with Crippen LogP contribution in [0.5, 0.6) is 0 Å². The third kappa shape index (κ3) is 8.47. The van der Waals surface area contributed by atoms with Gasteiger partial charge in [-0.3, -0.25) is 19.4 Å². The minimum absolute atomic E-state index is 0.00552. The maximum Gasteiger partial charge on any atom is 0.416 e. The van der Waals surface area contributed by atoms with Gasteiger partial charge in [0.25, 0.3) is 0 Å². The fourth-order valence-corrected chi connectivity index (χ4v) is 5.71. The number of hydrogen-bond donors (Lipinski definition) is 1. The van der Waals surface area contributed by atoms with E-state index >= 15 is 0 Å². The molecule has 0 saturated heterocycles. The number of nitrogens with zero attached hydrogens (tertiary/aromatic N) is 8. The maximum absolute atomic E-state index is 13.0. The first-order valence-corrected chi connectivity index (χ1v) is 17.6. The van der Waals surface area contributed by atoms with Crippen LogP contribution in [0.3, 0.4) is 0 Å². The van der Waals surface area contributed by atoms with Gasteiger partial charge < -0.3 is 14.6 Å². The third-order valence-corrected chi connectivity index (χ3v) is 8.28. The first-order valence-electron chi connectivity index (χ1n) is 17.2. The largest absolute Gasteiger partial charge is 0.443 e. The first kappa shape index (κ1) is 37.4. The van der Waals surface area contributed by atoms with Crippen LogP contribution < -0.4 is 9.80 Å². The molecule has 1 N–H and O–H groups in total. The number of aldehydes is 2. The Hall–Kier alpha value is -5.41. The van der Waals surface area contributed by atoms with E-state index in [0.29, 0.717) is 52.3 Å². The summed E-state index contributed by atoms with van der Waals surface area (Å²) in [5, 5.41) is 18.1. The van der Waals surface area contributed by atoms with Gasteiger partial charge in [-0.25, -0.2) is 19.6 Å². The molecule has 0 aliphatic heterocycles. The van der Waals surface area contributed by atoms with Crippen molar-refractivity contribution >= 4 is 59.3 Å². The van der Waals surface area contributed by atoms with Crippen LogP contribution in [0.15, 0.2) is 48.8 Å². The van der Waals surface area contributed by atoms with E-state index in [2.05, 4.69) is 20.2 Å². The van der Waals surface area contributed by atoms with Crippen molar-refractivity contribution in [3.05, 3.63) is 70.6 Å². The van der Waals surface area contributed by atoms with Gasteiger partial charge in [0.1, 0.15) is 28.0 Å². The number of hydrogen-bond acceptors (Lipinski definition) is 11. The van der Waals surface area contributed by atoms with E-state index in [-0.39, 0.29) is 23.8 Å². The lowest BCUT2D eigenvalue weighted by atomic mass is 10.1. The van der Waals surface area contributed by atoms with Crippen molar-refractivity contribution in [1.82, 2.24) is 29.2 Å². The van der Waals surface area contributed by atoms with Gasteiger partial charge in [0.05, 0.1) is 35.8 Å². The van der Waals surface area contributed by atoms with Crippen LogP contribution in [0.1, 0.15) is 93.5 Å². The molecule has 0 atom stereocenters. The summed E-state index contributed by atoms with van der Waals surface area (Å²) in [5.41, 5.74) is 2.15. The van der Waals surface area contributed by atoms with Crippen molar-refractivity contribution in [2.75, 3.05) is 9.80 Å². The van der Waals surface area contributed by atoms with Gasteiger partial charge in [-0.05, 0) is 78.9 Å². The van der Waals surface area contributed by atoms with E-state index in [1.807, 2.05) is 65.8 Å². The number of fused-ring (bicyclic) bond motifs is 2. The molecule has 2 saturated carbocycles. The van der Waals surface area contributed by atoms with Gasteiger partial charge in [-0.1, -0.05) is 29.8 Å². The van der Waals surface area contributed by atoms with E-state index in [0.717, 1.165) is 36.8 Å². The normalized spacial score (nSPS) is 14.3. The number of benzene rings is 1. The zero-order valence-corrected chi connectivity index (χ0v) is 31.1. The molecule has 2 fully saturated rings. The summed E-state index contributed by atoms with van der Waals surface area (Å²) >= 11 is 6.07. The summed E-state index contributed by atoms with van der Waals surface area (Å²) in [6.07, 6.45) is 6.74. The van der Waals surface area contributed by atoms with Crippen LogP contribution in [0.2, 0.25) is 5.15 Å². The van der Waals surface area contributed by atoms with E-state index in [1.165, 1.54) is 26.3 Å². The molecule has 1 aromatic carbocycles. The Morgan fingerprint density at radius 2 is 1.30 bits per heavy atom. The number of halogens is 1. The number of aliphatic hydroxyl groups is 1. The summed E-state index contributed by atoms with van der Waals surface area (Å²) in [5.74, 6) is 0.944. The second kappa shape index (κ2) is 14.5. The van der Waals surface area contributed by atoms with Gasteiger partial charge in [-0.2, -0.15) is 19.2 Å². The molecule has 278 valence electrons. The van der Waals surface area contributed by atoms with E-state index in [9.17, 15) is 24.3 Å². The molecule has 16 heteroatoms. The SMILES string of the molecule is CC(C)(C)OC(=O)N(c1cc(-c2cccc(CO)c2)nc2c(C=O)cnn12)C1CC1.CC(C)(C)OC(=O)N(c1cc(Cl)nc2c(C=O)cnn12)C1CC1. The predicted octanol–water partition coefficient (Wildman–Crippen LogP) is 6.70. The monoisotopic (exact) mass is 744 g/mol. The molecule has 2 aliphatic rings. The van der Waals surface area contributed by atoms with Crippen molar-refractivity contribution in [3.8, 4) is 11.3 Å². The molecule has 5 aromatic rings. The highest BCUT2D eigenvalue weighted by Crippen LogP contribution is 2.36. The zero-order valence-electron chi connectivity index (χ0n) is 30.3. The molecule has 4 aromatic heterocycles. The number of anilines is 2. The Labute approximate surface area is 310 Å². The lowest BCUT2D eigenvalue weighted by Gasteiger charge is -2.27. The summed E-state index contributed by atoms with van der Waals surface area (Å²) in [4.78, 5) is 60.2. The van der Waals surface area contributed by atoms with Crippen LogP contribution in [-0.4, -0.2) is 82.3 Å². The number of carbonyl (C=O) groups excluding carboxylic acids is 4. The summed E-state index contributed by atoms with van der Waals surface area (Å²) in [6, 6.07) is 10.7. The lowest BCUT2D eigenvalue weighted by Crippen LogP contribution is -2.39. The molecular formula is C37H41ClN8O7. The fourth-order valence-electron chi connectivity index (χ4n) is 5.53. The molecule has 0 spiro atoms. The smallest absolute Gasteiger partial charge is 0.416 e. The summed E-state index contributed by atoms with van der Waals surface area (Å²) in [7, 11) is 0. The summed E-state index contributed by atoms with van der Waals surface area (Å²) in [6.45, 7) is 10.8. The first-order chi connectivity index (χ1) is 25.1. The molecule has 15 nitrogen and oxygen atoms in total. The van der Waals surface area contributed by atoms with Crippen LogP contribution in [0.4, 0.5) is 21.2 Å². The Morgan fingerprint density at radius 3 is 1.75 bits per heavy atom. The van der Waals surface area contributed by atoms with Gasteiger partial charge in [0.15, 0.2) is 23.9 Å². The average molecular weight is 745 g/mol. The second-order valence-electron chi connectivity index (χ2n) is 14.9. The molecule has 2 aliphatic carbocycles. The van der Waals surface area contributed by atoms with Gasteiger partial charge in [-0.15, -0.1) is 0 Å². The molecule has 0 unspecified atom stereocenters. The van der Waals surface area contributed by atoms with Crippen molar-refractivity contribution in [2.45, 2.75) is 97.1 Å². The quantitative estimate of drug-likeness (QED) is 0.132. The van der Waals surface area contributed by atoms with Crippen molar-refractivity contribution in [3.63, 3.8) is 0 Å². The molecule has 53 heavy (non-hydrogen) atoms. The fraction of sp³-hybridized carbons (Fsp3) is 0.405. The number of ether oxygens (including phenoxy) is 2. The van der Waals surface area contributed by atoms with Gasteiger partial charge in [0.2, 0.25) is 0 Å². The number of rotatable bonds is 8. The third-order valence-electron chi connectivity index (χ3n) is 8.09. The molecule has 2 amide bonds. The van der Waals surface area contributed by atoms with Crippen LogP contribution in [-0.2, 0) is 16.1 Å². The minimum atomic E-state index is -0.646. The molecular weight excluding hydrogens is 704 g/mol.